The molecule has 3 heteroatoms. The van der Waals surface area contributed by atoms with E-state index in [0.29, 0.717) is 12.5 Å². The molecule has 0 aromatic heterocycles. The van der Waals surface area contributed by atoms with Crippen molar-refractivity contribution in [3.8, 4) is 6.07 Å². The first-order chi connectivity index (χ1) is 5.72. The monoisotopic (exact) mass is 169 g/mol. The lowest BCUT2D eigenvalue weighted by Gasteiger charge is -2.24. The smallest absolute Gasteiger partial charge is 0.0635 e. The summed E-state index contributed by atoms with van der Waals surface area (Å²) in [6.45, 7) is 7.22. The van der Waals surface area contributed by atoms with Gasteiger partial charge in [0.05, 0.1) is 6.07 Å². The van der Waals surface area contributed by atoms with Crippen LogP contribution in [0.5, 0.6) is 0 Å². The average molecular weight is 169 g/mol. The molecule has 0 unspecified atom stereocenters. The first-order valence-corrected chi connectivity index (χ1v) is 4.48. The van der Waals surface area contributed by atoms with Gasteiger partial charge in [-0.2, -0.15) is 5.26 Å². The van der Waals surface area contributed by atoms with Gasteiger partial charge in [-0.1, -0.05) is 0 Å². The first-order valence-electron chi connectivity index (χ1n) is 4.48. The van der Waals surface area contributed by atoms with Crippen LogP contribution in [0.3, 0.4) is 0 Å². The van der Waals surface area contributed by atoms with Crippen LogP contribution in [0.15, 0.2) is 0 Å². The molecule has 0 saturated heterocycles. The normalized spacial score (nSPS) is 10.7. The molecule has 0 heterocycles. The highest BCUT2D eigenvalue weighted by atomic mass is 15.2. The quantitative estimate of drug-likeness (QED) is 0.640. The molecule has 0 spiro atoms. The van der Waals surface area contributed by atoms with Gasteiger partial charge in [0, 0.05) is 32.1 Å². The SMILES string of the molecule is CNCCN(CCC#N)C(C)C. The van der Waals surface area contributed by atoms with E-state index < -0.39 is 0 Å². The molecule has 0 saturated carbocycles. The van der Waals surface area contributed by atoms with Crippen LogP contribution in [0.2, 0.25) is 0 Å². The molecule has 0 aliphatic rings. The Hall–Kier alpha value is -0.590. The van der Waals surface area contributed by atoms with E-state index in [2.05, 4.69) is 30.1 Å². The Kier molecular flexibility index (Phi) is 6.73. The maximum Gasteiger partial charge on any atom is 0.0635 e. The molecule has 1 N–H and O–H groups in total. The largest absolute Gasteiger partial charge is 0.318 e. The lowest BCUT2D eigenvalue weighted by molar-refractivity contribution is 0.228. The highest BCUT2D eigenvalue weighted by molar-refractivity contribution is 4.74. The second kappa shape index (κ2) is 7.08. The molecule has 0 radical (unpaired) electrons. The van der Waals surface area contributed by atoms with E-state index in [0.717, 1.165) is 19.6 Å². The molecule has 12 heavy (non-hydrogen) atoms. The lowest BCUT2D eigenvalue weighted by atomic mass is 10.3. The predicted octanol–water partition coefficient (Wildman–Crippen LogP) is 0.830. The Balaban J connectivity index is 3.64. The predicted molar refractivity (Wildman–Crippen MR) is 50.9 cm³/mol. The molecule has 0 rings (SSSR count). The fraction of sp³-hybridized carbons (Fsp3) is 0.889. The standard InChI is InChI=1S/C9H19N3/c1-9(2)12(7-4-5-10)8-6-11-3/h9,11H,4,6-8H2,1-3H3. The van der Waals surface area contributed by atoms with Crippen molar-refractivity contribution in [1.29, 1.82) is 5.26 Å². The van der Waals surface area contributed by atoms with Crippen molar-refractivity contribution in [2.24, 2.45) is 0 Å². The molecule has 0 aliphatic heterocycles. The third-order valence-corrected chi connectivity index (χ3v) is 1.89. The van der Waals surface area contributed by atoms with E-state index in [1.165, 1.54) is 0 Å². The van der Waals surface area contributed by atoms with Crippen LogP contribution in [-0.4, -0.2) is 37.6 Å². The van der Waals surface area contributed by atoms with Gasteiger partial charge in [-0.15, -0.1) is 0 Å². The summed E-state index contributed by atoms with van der Waals surface area (Å²) in [7, 11) is 1.95. The van der Waals surface area contributed by atoms with Gasteiger partial charge in [0.1, 0.15) is 0 Å². The topological polar surface area (TPSA) is 39.1 Å². The van der Waals surface area contributed by atoms with Gasteiger partial charge < -0.3 is 5.32 Å². The van der Waals surface area contributed by atoms with E-state index in [4.69, 9.17) is 5.26 Å². The Bertz CT molecular complexity index is 137. The number of nitriles is 1. The summed E-state index contributed by atoms with van der Waals surface area (Å²) in [5.41, 5.74) is 0. The summed E-state index contributed by atoms with van der Waals surface area (Å²) in [6.07, 6.45) is 0.627. The van der Waals surface area contributed by atoms with Crippen LogP contribution in [0, 0.1) is 11.3 Å². The van der Waals surface area contributed by atoms with Crippen molar-refractivity contribution < 1.29 is 0 Å². The second-order valence-corrected chi connectivity index (χ2v) is 3.14. The van der Waals surface area contributed by atoms with Gasteiger partial charge in [0.2, 0.25) is 0 Å². The van der Waals surface area contributed by atoms with Crippen LogP contribution < -0.4 is 5.32 Å². The van der Waals surface area contributed by atoms with Crippen molar-refractivity contribution in [1.82, 2.24) is 10.2 Å². The number of hydrogen-bond donors (Lipinski definition) is 1. The lowest BCUT2D eigenvalue weighted by Crippen LogP contribution is -2.36. The minimum atomic E-state index is 0.534. The number of likely N-dealkylation sites (N-methyl/N-ethyl adjacent to an activating group) is 1. The highest BCUT2D eigenvalue weighted by Crippen LogP contribution is 1.97. The minimum Gasteiger partial charge on any atom is -0.318 e. The maximum absolute atomic E-state index is 8.43. The van der Waals surface area contributed by atoms with Gasteiger partial charge in [-0.25, -0.2) is 0 Å². The first kappa shape index (κ1) is 11.4. The van der Waals surface area contributed by atoms with Crippen molar-refractivity contribution >= 4 is 0 Å². The van der Waals surface area contributed by atoms with E-state index >= 15 is 0 Å². The molecule has 3 nitrogen and oxygen atoms in total. The molecular weight excluding hydrogens is 150 g/mol. The molecule has 0 aromatic rings. The fourth-order valence-electron chi connectivity index (χ4n) is 1.08. The highest BCUT2D eigenvalue weighted by Gasteiger charge is 2.06. The van der Waals surface area contributed by atoms with Crippen molar-refractivity contribution in [3.05, 3.63) is 0 Å². The zero-order valence-corrected chi connectivity index (χ0v) is 8.30. The van der Waals surface area contributed by atoms with Crippen molar-refractivity contribution in [2.45, 2.75) is 26.3 Å². The molecule has 0 fully saturated rings. The Morgan fingerprint density at radius 1 is 1.42 bits per heavy atom. The van der Waals surface area contributed by atoms with E-state index in [1.807, 2.05) is 7.05 Å². The van der Waals surface area contributed by atoms with Crippen molar-refractivity contribution in [3.63, 3.8) is 0 Å². The Morgan fingerprint density at radius 2 is 2.08 bits per heavy atom. The van der Waals surface area contributed by atoms with Crippen LogP contribution in [0.4, 0.5) is 0 Å². The molecule has 0 bridgehead atoms. The van der Waals surface area contributed by atoms with Crippen LogP contribution >= 0.6 is 0 Å². The summed E-state index contributed by atoms with van der Waals surface area (Å²) in [5.74, 6) is 0. The molecule has 0 atom stereocenters. The molecule has 0 aromatic carbocycles. The van der Waals surface area contributed by atoms with E-state index in [1.54, 1.807) is 0 Å². The summed E-state index contributed by atoms with van der Waals surface area (Å²) < 4.78 is 0. The van der Waals surface area contributed by atoms with E-state index in [9.17, 15) is 0 Å². The summed E-state index contributed by atoms with van der Waals surface area (Å²) in [5, 5.41) is 11.5. The summed E-state index contributed by atoms with van der Waals surface area (Å²) in [4.78, 5) is 2.31. The van der Waals surface area contributed by atoms with Crippen molar-refractivity contribution in [2.75, 3.05) is 26.7 Å². The molecule has 0 amide bonds. The van der Waals surface area contributed by atoms with Gasteiger partial charge in [-0.3, -0.25) is 4.90 Å². The zero-order valence-electron chi connectivity index (χ0n) is 8.30. The van der Waals surface area contributed by atoms with Crippen LogP contribution in [0.25, 0.3) is 0 Å². The molecular formula is C9H19N3. The molecule has 0 aliphatic carbocycles. The third-order valence-electron chi connectivity index (χ3n) is 1.89. The van der Waals surface area contributed by atoms with Gasteiger partial charge in [0.15, 0.2) is 0 Å². The molecule has 70 valence electrons. The average Bonchev–Trinajstić information content (AvgIpc) is 2.04. The third kappa shape index (κ3) is 5.11. The minimum absolute atomic E-state index is 0.534. The van der Waals surface area contributed by atoms with Gasteiger partial charge >= 0.3 is 0 Å². The Morgan fingerprint density at radius 3 is 2.50 bits per heavy atom. The zero-order chi connectivity index (χ0) is 9.40. The van der Waals surface area contributed by atoms with Gasteiger partial charge in [-0.05, 0) is 20.9 Å². The summed E-state index contributed by atoms with van der Waals surface area (Å²) >= 11 is 0. The number of nitrogens with zero attached hydrogens (tertiary/aromatic N) is 2. The maximum atomic E-state index is 8.43. The number of rotatable bonds is 6. The summed E-state index contributed by atoms with van der Waals surface area (Å²) in [6, 6.07) is 2.70. The number of nitrogens with one attached hydrogen (secondary N) is 1. The fourth-order valence-corrected chi connectivity index (χ4v) is 1.08. The number of hydrogen-bond acceptors (Lipinski definition) is 3. The van der Waals surface area contributed by atoms with Gasteiger partial charge in [0.25, 0.3) is 0 Å². The van der Waals surface area contributed by atoms with Crippen LogP contribution in [0.1, 0.15) is 20.3 Å². The second-order valence-electron chi connectivity index (χ2n) is 3.14. The van der Waals surface area contributed by atoms with E-state index in [-0.39, 0.29) is 0 Å². The van der Waals surface area contributed by atoms with Crippen LogP contribution in [-0.2, 0) is 0 Å². The Labute approximate surface area is 75.4 Å².